The van der Waals surface area contributed by atoms with Crippen molar-refractivity contribution < 1.29 is 23.5 Å². The van der Waals surface area contributed by atoms with E-state index in [0.29, 0.717) is 33.6 Å². The summed E-state index contributed by atoms with van der Waals surface area (Å²) >= 11 is 1.18. The van der Waals surface area contributed by atoms with Crippen LogP contribution >= 0.6 is 11.5 Å². The second-order valence-corrected chi connectivity index (χ2v) is 6.25. The Labute approximate surface area is 158 Å². The Balaban J connectivity index is 1.78. The second-order valence-electron chi connectivity index (χ2n) is 5.40. The van der Waals surface area contributed by atoms with Crippen LogP contribution in [0.5, 0.6) is 5.88 Å². The van der Waals surface area contributed by atoms with Crippen LogP contribution < -0.4 is 10.1 Å². The zero-order valence-corrected chi connectivity index (χ0v) is 15.6. The monoisotopic (exact) mass is 388 g/mol. The summed E-state index contributed by atoms with van der Waals surface area (Å²) < 4.78 is 19.2. The first kappa shape index (κ1) is 18.5. The van der Waals surface area contributed by atoms with Crippen LogP contribution in [0.15, 0.2) is 28.9 Å². The summed E-state index contributed by atoms with van der Waals surface area (Å²) in [6, 6.07) is 3.34. The van der Waals surface area contributed by atoms with Gasteiger partial charge in [-0.15, -0.1) is 0 Å². The van der Waals surface area contributed by atoms with E-state index in [1.165, 1.54) is 38.1 Å². The zero-order chi connectivity index (χ0) is 19.4. The quantitative estimate of drug-likeness (QED) is 0.640. The molecule has 0 aliphatic rings. The molecular weight excluding hydrogens is 372 g/mol. The standard InChI is InChI=1S/C17H16N4O5S/c1-9-15(16(22)20-10-4-5-13(24-2)18-7-10)12(27-21-9)6-14-19-8-11(26-14)17(23)25-3/h4-5,7-8H,6H2,1-3H3,(H,20,22). The minimum atomic E-state index is -0.612. The lowest BCUT2D eigenvalue weighted by atomic mass is 10.1. The summed E-state index contributed by atoms with van der Waals surface area (Å²) in [5.74, 6) is -0.183. The molecule has 0 aliphatic carbocycles. The average Bonchev–Trinajstić information content (AvgIpc) is 3.29. The number of rotatable bonds is 6. The smallest absolute Gasteiger partial charge is 0.375 e. The maximum atomic E-state index is 12.7. The van der Waals surface area contributed by atoms with E-state index < -0.39 is 5.97 Å². The van der Waals surface area contributed by atoms with Crippen LogP contribution in [0.2, 0.25) is 0 Å². The van der Waals surface area contributed by atoms with Crippen LogP contribution in [0.4, 0.5) is 5.69 Å². The largest absolute Gasteiger partial charge is 0.481 e. The maximum Gasteiger partial charge on any atom is 0.375 e. The van der Waals surface area contributed by atoms with E-state index in [2.05, 4.69) is 24.4 Å². The highest BCUT2D eigenvalue weighted by Crippen LogP contribution is 2.23. The summed E-state index contributed by atoms with van der Waals surface area (Å²) in [6.45, 7) is 1.75. The number of nitrogens with zero attached hydrogens (tertiary/aromatic N) is 3. The van der Waals surface area contributed by atoms with E-state index in [9.17, 15) is 9.59 Å². The zero-order valence-electron chi connectivity index (χ0n) is 14.8. The molecule has 0 atom stereocenters. The van der Waals surface area contributed by atoms with Crippen LogP contribution in [0.25, 0.3) is 0 Å². The molecule has 0 fully saturated rings. The molecule has 0 unspecified atom stereocenters. The summed E-state index contributed by atoms with van der Waals surface area (Å²) in [4.78, 5) is 32.9. The number of hydrogen-bond donors (Lipinski definition) is 1. The number of hydrogen-bond acceptors (Lipinski definition) is 9. The molecule has 9 nitrogen and oxygen atoms in total. The molecular formula is C17H16N4O5S. The fourth-order valence-corrected chi connectivity index (χ4v) is 3.18. The number of amides is 1. The molecule has 0 saturated heterocycles. The first-order valence-electron chi connectivity index (χ1n) is 7.81. The Bertz CT molecular complexity index is 964. The van der Waals surface area contributed by atoms with Gasteiger partial charge < -0.3 is 19.2 Å². The highest BCUT2D eigenvalue weighted by atomic mass is 32.1. The van der Waals surface area contributed by atoms with Crippen molar-refractivity contribution in [1.29, 1.82) is 0 Å². The second kappa shape index (κ2) is 7.96. The van der Waals surface area contributed by atoms with Gasteiger partial charge in [0.1, 0.15) is 0 Å². The fraction of sp³-hybridized carbons (Fsp3) is 0.235. The molecule has 0 spiro atoms. The summed E-state index contributed by atoms with van der Waals surface area (Å²) in [7, 11) is 2.77. The van der Waals surface area contributed by atoms with Crippen LogP contribution in [-0.2, 0) is 11.2 Å². The lowest BCUT2D eigenvalue weighted by Gasteiger charge is -2.06. The highest BCUT2D eigenvalue weighted by molar-refractivity contribution is 7.06. The number of oxazole rings is 1. The number of esters is 1. The number of carbonyl (C=O) groups is 2. The SMILES string of the molecule is COC(=O)c1cnc(Cc2snc(C)c2C(=O)Nc2ccc(OC)nc2)o1. The predicted octanol–water partition coefficient (Wildman–Crippen LogP) is 2.47. The molecule has 0 radical (unpaired) electrons. The molecule has 0 saturated carbocycles. The topological polar surface area (TPSA) is 116 Å². The molecule has 1 N–H and O–H groups in total. The van der Waals surface area contributed by atoms with Crippen molar-refractivity contribution >= 4 is 29.1 Å². The lowest BCUT2D eigenvalue weighted by molar-refractivity contribution is 0.0563. The Morgan fingerprint density at radius 3 is 2.70 bits per heavy atom. The minimum Gasteiger partial charge on any atom is -0.481 e. The lowest BCUT2D eigenvalue weighted by Crippen LogP contribution is -2.14. The Morgan fingerprint density at radius 2 is 2.04 bits per heavy atom. The van der Waals surface area contributed by atoms with E-state index >= 15 is 0 Å². The van der Waals surface area contributed by atoms with Crippen molar-refractivity contribution in [3.63, 3.8) is 0 Å². The molecule has 10 heteroatoms. The van der Waals surface area contributed by atoms with E-state index in [4.69, 9.17) is 9.15 Å². The van der Waals surface area contributed by atoms with Gasteiger partial charge in [0.05, 0.1) is 50.0 Å². The van der Waals surface area contributed by atoms with E-state index in [0.717, 1.165) is 0 Å². The van der Waals surface area contributed by atoms with Crippen LogP contribution in [0.1, 0.15) is 37.4 Å². The van der Waals surface area contributed by atoms with E-state index in [1.54, 1.807) is 19.1 Å². The van der Waals surface area contributed by atoms with Gasteiger partial charge in [-0.3, -0.25) is 4.79 Å². The predicted molar refractivity (Wildman–Crippen MR) is 96.2 cm³/mol. The molecule has 3 rings (SSSR count). The Hall–Kier alpha value is -3.27. The van der Waals surface area contributed by atoms with Gasteiger partial charge in [-0.25, -0.2) is 14.8 Å². The number of anilines is 1. The molecule has 0 aromatic carbocycles. The van der Waals surface area contributed by atoms with Crippen molar-refractivity contribution in [3.05, 3.63) is 52.3 Å². The van der Waals surface area contributed by atoms with E-state index in [-0.39, 0.29) is 18.1 Å². The first-order valence-corrected chi connectivity index (χ1v) is 8.58. The van der Waals surface area contributed by atoms with Gasteiger partial charge >= 0.3 is 5.97 Å². The van der Waals surface area contributed by atoms with Gasteiger partial charge in [-0.1, -0.05) is 0 Å². The number of ether oxygens (including phenoxy) is 2. The fourth-order valence-electron chi connectivity index (χ4n) is 2.32. The minimum absolute atomic E-state index is 0.00375. The summed E-state index contributed by atoms with van der Waals surface area (Å²) in [6.07, 6.45) is 3.02. The van der Waals surface area contributed by atoms with Gasteiger partial charge in [0, 0.05) is 10.9 Å². The average molecular weight is 388 g/mol. The number of pyridine rings is 1. The van der Waals surface area contributed by atoms with Crippen molar-refractivity contribution in [1.82, 2.24) is 14.3 Å². The van der Waals surface area contributed by atoms with E-state index in [1.807, 2.05) is 0 Å². The molecule has 0 bridgehead atoms. The third-order valence-electron chi connectivity index (χ3n) is 3.62. The Kier molecular flexibility index (Phi) is 5.46. The number of nitrogens with one attached hydrogen (secondary N) is 1. The van der Waals surface area contributed by atoms with Crippen LogP contribution in [-0.4, -0.2) is 40.4 Å². The number of aryl methyl sites for hydroxylation is 1. The number of carbonyl (C=O) groups excluding carboxylic acids is 2. The molecule has 0 aliphatic heterocycles. The maximum absolute atomic E-state index is 12.7. The molecule has 3 heterocycles. The van der Waals surface area contributed by atoms with Gasteiger partial charge in [0.25, 0.3) is 5.91 Å². The summed E-state index contributed by atoms with van der Waals surface area (Å²) in [5.41, 5.74) is 1.56. The molecule has 27 heavy (non-hydrogen) atoms. The van der Waals surface area contributed by atoms with Gasteiger partial charge in [0.2, 0.25) is 17.5 Å². The molecule has 3 aromatic rings. The normalized spacial score (nSPS) is 10.5. The summed E-state index contributed by atoms with van der Waals surface area (Å²) in [5, 5.41) is 2.78. The van der Waals surface area contributed by atoms with Crippen molar-refractivity contribution in [2.45, 2.75) is 13.3 Å². The van der Waals surface area contributed by atoms with Crippen molar-refractivity contribution in [3.8, 4) is 5.88 Å². The molecule has 140 valence electrons. The third-order valence-corrected chi connectivity index (χ3v) is 4.55. The van der Waals surface area contributed by atoms with Crippen molar-refractivity contribution in [2.24, 2.45) is 0 Å². The van der Waals surface area contributed by atoms with Crippen LogP contribution in [0.3, 0.4) is 0 Å². The third kappa shape index (κ3) is 4.11. The molecule has 1 amide bonds. The van der Waals surface area contributed by atoms with Gasteiger partial charge in [-0.05, 0) is 24.5 Å². The number of methoxy groups -OCH3 is 2. The van der Waals surface area contributed by atoms with Crippen LogP contribution in [0, 0.1) is 6.92 Å². The Morgan fingerprint density at radius 1 is 1.22 bits per heavy atom. The first-order chi connectivity index (χ1) is 13.0. The van der Waals surface area contributed by atoms with Crippen molar-refractivity contribution in [2.75, 3.05) is 19.5 Å². The van der Waals surface area contributed by atoms with Gasteiger partial charge in [-0.2, -0.15) is 4.37 Å². The van der Waals surface area contributed by atoms with Gasteiger partial charge in [0.15, 0.2) is 0 Å². The molecule has 3 aromatic heterocycles. The number of aromatic nitrogens is 3. The highest BCUT2D eigenvalue weighted by Gasteiger charge is 2.21.